The third kappa shape index (κ3) is 3.52. The van der Waals surface area contributed by atoms with Crippen LogP contribution in [0.3, 0.4) is 0 Å². The molecule has 0 aromatic heterocycles. The second-order valence-electron chi connectivity index (χ2n) is 17.5. The Morgan fingerprint density at radius 1 is 0.579 bits per heavy atom. The Morgan fingerprint density at radius 3 is 2.08 bits per heavy atom. The molecular weight excluding hydrogens is 456 g/mol. The highest BCUT2D eigenvalue weighted by molar-refractivity contribution is 5.24. The van der Waals surface area contributed by atoms with Crippen LogP contribution < -0.4 is 0 Å². The van der Waals surface area contributed by atoms with Gasteiger partial charge < -0.3 is 0 Å². The van der Waals surface area contributed by atoms with E-state index in [0.717, 1.165) is 52.3 Å². The lowest BCUT2D eigenvalue weighted by molar-refractivity contribution is -0.114. The zero-order chi connectivity index (χ0) is 25.6. The van der Waals surface area contributed by atoms with Crippen molar-refractivity contribution in [1.29, 1.82) is 0 Å². The molecule has 0 heteroatoms. The number of hydrogen-bond acceptors (Lipinski definition) is 0. The summed E-state index contributed by atoms with van der Waals surface area (Å²) >= 11 is 0. The van der Waals surface area contributed by atoms with Crippen molar-refractivity contribution < 1.29 is 0 Å². The SMILES string of the molecule is C[C@]12CCCCC1=CC[C@H]1[C@@H]3CCC[C@@]3(CC[C@@]34CCC[C@H]3[C@@H]3CCC5CCCC[C@]5(C)[C@H]3CC4)CC[C@@H]12. The summed E-state index contributed by atoms with van der Waals surface area (Å²) in [5, 5.41) is 0. The zero-order valence-corrected chi connectivity index (χ0v) is 25.4. The van der Waals surface area contributed by atoms with Crippen LogP contribution >= 0.6 is 0 Å². The highest BCUT2D eigenvalue weighted by Gasteiger charge is 2.60. The van der Waals surface area contributed by atoms with E-state index < -0.39 is 0 Å². The van der Waals surface area contributed by atoms with Gasteiger partial charge in [0.1, 0.15) is 0 Å². The predicted octanol–water partition coefficient (Wildman–Crippen LogP) is 11.3. The van der Waals surface area contributed by atoms with Crippen LogP contribution in [-0.2, 0) is 0 Å². The molecule has 0 aliphatic heterocycles. The van der Waals surface area contributed by atoms with Gasteiger partial charge in [-0.1, -0.05) is 57.6 Å². The van der Waals surface area contributed by atoms with Gasteiger partial charge in [-0.2, -0.15) is 0 Å². The molecule has 0 nitrogen and oxygen atoms in total. The largest absolute Gasteiger partial charge is 0.0845 e. The van der Waals surface area contributed by atoms with Crippen LogP contribution in [-0.4, -0.2) is 0 Å². The summed E-state index contributed by atoms with van der Waals surface area (Å²) in [6.45, 7) is 5.51. The van der Waals surface area contributed by atoms with Gasteiger partial charge >= 0.3 is 0 Å². The van der Waals surface area contributed by atoms with E-state index in [1.807, 2.05) is 5.57 Å². The maximum atomic E-state index is 2.81. The topological polar surface area (TPSA) is 0 Å². The summed E-state index contributed by atoms with van der Waals surface area (Å²) in [5.41, 5.74) is 4.70. The van der Waals surface area contributed by atoms with Crippen LogP contribution in [0.1, 0.15) is 162 Å². The van der Waals surface area contributed by atoms with E-state index in [1.54, 1.807) is 103 Å². The van der Waals surface area contributed by atoms with Crippen LogP contribution in [0.2, 0.25) is 0 Å². The molecule has 8 rings (SSSR count). The van der Waals surface area contributed by atoms with Crippen molar-refractivity contribution in [3.8, 4) is 0 Å². The zero-order valence-electron chi connectivity index (χ0n) is 25.4. The molecule has 212 valence electrons. The molecule has 0 amide bonds. The standard InChI is InChI=1S/C38H60/c1-35-19-5-3-9-27(35)13-15-29-31(35)17-23-37(21-7-11-33(29)37)25-26-38-22-8-12-34(38)30-16-14-28-10-4-6-20-36(28,2)32(30)18-24-38/h13,28-34H,3-12,14-26H2,1-2H3/t28?,29-,30-,31+,32+,33+,34+,35+,36+,37+,38+/m1/s1. The first kappa shape index (κ1) is 25.5. The fourth-order valence-corrected chi connectivity index (χ4v) is 14.9. The van der Waals surface area contributed by atoms with Gasteiger partial charge in [-0.3, -0.25) is 0 Å². The van der Waals surface area contributed by atoms with E-state index in [-0.39, 0.29) is 0 Å². The number of hydrogen-bond donors (Lipinski definition) is 0. The van der Waals surface area contributed by atoms with Crippen molar-refractivity contribution in [3.05, 3.63) is 11.6 Å². The fraction of sp³-hybridized carbons (Fsp3) is 0.947. The minimum absolute atomic E-state index is 0.581. The molecule has 0 aromatic rings. The average Bonchev–Trinajstić information content (AvgIpc) is 3.56. The molecule has 7 fully saturated rings. The summed E-state index contributed by atoms with van der Waals surface area (Å²) in [5.74, 6) is 7.51. The quantitative estimate of drug-likeness (QED) is 0.327. The van der Waals surface area contributed by atoms with E-state index in [1.165, 1.54) is 44.9 Å². The summed E-state index contributed by atoms with van der Waals surface area (Å²) in [7, 11) is 0. The average molecular weight is 517 g/mol. The molecule has 0 heterocycles. The summed E-state index contributed by atoms with van der Waals surface area (Å²) < 4.78 is 0. The van der Waals surface area contributed by atoms with Crippen LogP contribution in [0.25, 0.3) is 0 Å². The Hall–Kier alpha value is -0.260. The Labute approximate surface area is 236 Å². The second-order valence-corrected chi connectivity index (χ2v) is 17.5. The van der Waals surface area contributed by atoms with E-state index in [4.69, 9.17) is 0 Å². The highest BCUT2D eigenvalue weighted by atomic mass is 14.7. The molecule has 8 aliphatic rings. The Morgan fingerprint density at radius 2 is 1.29 bits per heavy atom. The predicted molar refractivity (Wildman–Crippen MR) is 160 cm³/mol. The summed E-state index contributed by atoms with van der Waals surface area (Å²) in [6.07, 6.45) is 38.8. The lowest BCUT2D eigenvalue weighted by atomic mass is 9.44. The third-order valence-electron chi connectivity index (χ3n) is 16.8. The maximum Gasteiger partial charge on any atom is -0.00853 e. The second kappa shape index (κ2) is 9.12. The molecule has 0 bridgehead atoms. The monoisotopic (exact) mass is 516 g/mol. The molecule has 38 heavy (non-hydrogen) atoms. The first-order valence-corrected chi connectivity index (χ1v) is 18.2. The molecule has 7 saturated carbocycles. The van der Waals surface area contributed by atoms with E-state index >= 15 is 0 Å². The molecule has 11 atom stereocenters. The summed E-state index contributed by atoms with van der Waals surface area (Å²) in [6, 6.07) is 0. The van der Waals surface area contributed by atoms with Crippen LogP contribution in [0, 0.1) is 63.1 Å². The van der Waals surface area contributed by atoms with Crippen molar-refractivity contribution in [1.82, 2.24) is 0 Å². The highest BCUT2D eigenvalue weighted by Crippen LogP contribution is 2.70. The molecule has 8 aliphatic carbocycles. The Bertz CT molecular complexity index is 944. The Kier molecular flexibility index (Phi) is 6.11. The van der Waals surface area contributed by atoms with Crippen LogP contribution in [0.5, 0.6) is 0 Å². The summed E-state index contributed by atoms with van der Waals surface area (Å²) in [4.78, 5) is 0. The van der Waals surface area contributed by atoms with Gasteiger partial charge in [-0.25, -0.2) is 0 Å². The van der Waals surface area contributed by atoms with Crippen molar-refractivity contribution in [2.24, 2.45) is 63.1 Å². The maximum absolute atomic E-state index is 2.81. The third-order valence-corrected chi connectivity index (χ3v) is 16.8. The van der Waals surface area contributed by atoms with E-state index in [0.29, 0.717) is 10.8 Å². The Balaban J connectivity index is 1.02. The van der Waals surface area contributed by atoms with Gasteiger partial charge in [0.15, 0.2) is 0 Å². The van der Waals surface area contributed by atoms with E-state index in [9.17, 15) is 0 Å². The van der Waals surface area contributed by atoms with Gasteiger partial charge in [-0.05, 0) is 179 Å². The minimum Gasteiger partial charge on any atom is -0.0845 e. The first-order chi connectivity index (χ1) is 18.5. The lowest BCUT2D eigenvalue weighted by Crippen LogP contribution is -2.53. The number of rotatable bonds is 3. The van der Waals surface area contributed by atoms with Crippen LogP contribution in [0.4, 0.5) is 0 Å². The van der Waals surface area contributed by atoms with Crippen molar-refractivity contribution in [2.75, 3.05) is 0 Å². The molecule has 0 saturated heterocycles. The molecule has 0 N–H and O–H groups in total. The molecule has 0 aromatic carbocycles. The van der Waals surface area contributed by atoms with Crippen molar-refractivity contribution in [2.45, 2.75) is 162 Å². The normalized spacial score (nSPS) is 55.5. The number of fused-ring (bicyclic) bond motifs is 10. The van der Waals surface area contributed by atoms with Gasteiger partial charge in [0.05, 0.1) is 0 Å². The van der Waals surface area contributed by atoms with Crippen LogP contribution in [0.15, 0.2) is 11.6 Å². The van der Waals surface area contributed by atoms with Crippen molar-refractivity contribution >= 4 is 0 Å². The van der Waals surface area contributed by atoms with Gasteiger partial charge in [0, 0.05) is 0 Å². The fourth-order valence-electron chi connectivity index (χ4n) is 14.9. The molecule has 1 unspecified atom stereocenters. The van der Waals surface area contributed by atoms with Crippen molar-refractivity contribution in [3.63, 3.8) is 0 Å². The van der Waals surface area contributed by atoms with Gasteiger partial charge in [-0.15, -0.1) is 0 Å². The van der Waals surface area contributed by atoms with E-state index in [2.05, 4.69) is 19.9 Å². The minimum atomic E-state index is 0.581. The molecular formula is C38H60. The van der Waals surface area contributed by atoms with Gasteiger partial charge in [0.25, 0.3) is 0 Å². The smallest absolute Gasteiger partial charge is 0.00853 e. The molecule has 0 spiro atoms. The van der Waals surface area contributed by atoms with Gasteiger partial charge in [0.2, 0.25) is 0 Å². The lowest BCUT2D eigenvalue weighted by Gasteiger charge is -2.61. The molecule has 0 radical (unpaired) electrons. The first-order valence-electron chi connectivity index (χ1n) is 18.2. The number of allylic oxidation sites excluding steroid dienone is 2.